The molecule has 0 bridgehead atoms. The van der Waals surface area contributed by atoms with Crippen molar-refractivity contribution in [1.29, 1.82) is 0 Å². The van der Waals surface area contributed by atoms with Gasteiger partial charge in [-0.25, -0.2) is 0 Å². The Morgan fingerprint density at radius 2 is 2.00 bits per heavy atom. The zero-order valence-electron chi connectivity index (χ0n) is 11.0. The summed E-state index contributed by atoms with van der Waals surface area (Å²) in [5.74, 6) is 7.49. The number of piperidine rings is 1. The molecule has 2 aliphatic rings. The van der Waals surface area contributed by atoms with Crippen LogP contribution in [0.4, 0.5) is 0 Å². The van der Waals surface area contributed by atoms with Crippen LogP contribution in [0.2, 0.25) is 0 Å². The standard InChI is InChI=1S/C14H25N3/c1-2-16-9-3-5-14(13-16)6-4-10-17-11-7-15-8-12-17/h14-15H,2-3,5,7-13H2,1H3. The Bertz CT molecular complexity index is 273. The lowest BCUT2D eigenvalue weighted by Crippen LogP contribution is -2.43. The minimum Gasteiger partial charge on any atom is -0.314 e. The molecule has 2 rings (SSSR count). The van der Waals surface area contributed by atoms with E-state index >= 15 is 0 Å². The Balaban J connectivity index is 1.72. The van der Waals surface area contributed by atoms with Gasteiger partial charge in [0.05, 0.1) is 6.54 Å². The number of piperazine rings is 1. The van der Waals surface area contributed by atoms with Crippen LogP contribution in [-0.2, 0) is 0 Å². The number of likely N-dealkylation sites (tertiary alicyclic amines) is 1. The maximum absolute atomic E-state index is 3.48. The lowest BCUT2D eigenvalue weighted by atomic mass is 9.99. The average molecular weight is 235 g/mol. The molecule has 3 nitrogen and oxygen atoms in total. The average Bonchev–Trinajstić information content (AvgIpc) is 2.40. The lowest BCUT2D eigenvalue weighted by molar-refractivity contribution is 0.210. The fourth-order valence-corrected chi connectivity index (χ4v) is 2.63. The molecule has 0 aromatic heterocycles. The Kier molecular flexibility index (Phi) is 5.31. The molecule has 17 heavy (non-hydrogen) atoms. The first-order valence-corrected chi connectivity index (χ1v) is 7.02. The van der Waals surface area contributed by atoms with Gasteiger partial charge in [-0.1, -0.05) is 18.8 Å². The molecular formula is C14H25N3. The zero-order chi connectivity index (χ0) is 11.9. The van der Waals surface area contributed by atoms with Gasteiger partial charge in [-0.15, -0.1) is 0 Å². The van der Waals surface area contributed by atoms with Gasteiger partial charge >= 0.3 is 0 Å². The van der Waals surface area contributed by atoms with Gasteiger partial charge in [-0.3, -0.25) is 4.90 Å². The Hall–Kier alpha value is -0.560. The molecule has 0 aliphatic carbocycles. The molecule has 1 unspecified atom stereocenters. The van der Waals surface area contributed by atoms with Crippen LogP contribution >= 0.6 is 0 Å². The van der Waals surface area contributed by atoms with Gasteiger partial charge in [-0.05, 0) is 25.9 Å². The highest BCUT2D eigenvalue weighted by Crippen LogP contribution is 2.14. The van der Waals surface area contributed by atoms with E-state index in [-0.39, 0.29) is 0 Å². The molecule has 2 heterocycles. The van der Waals surface area contributed by atoms with Crippen LogP contribution < -0.4 is 5.32 Å². The summed E-state index contributed by atoms with van der Waals surface area (Å²) in [4.78, 5) is 4.97. The van der Waals surface area contributed by atoms with E-state index in [0.29, 0.717) is 5.92 Å². The quantitative estimate of drug-likeness (QED) is 0.708. The third kappa shape index (κ3) is 4.31. The van der Waals surface area contributed by atoms with Crippen LogP contribution in [0.15, 0.2) is 0 Å². The molecule has 0 spiro atoms. The Morgan fingerprint density at radius 1 is 1.18 bits per heavy atom. The summed E-state index contributed by atoms with van der Waals surface area (Å²) >= 11 is 0. The number of hydrogen-bond acceptors (Lipinski definition) is 3. The molecule has 0 aromatic carbocycles. The smallest absolute Gasteiger partial charge is 0.0602 e. The van der Waals surface area contributed by atoms with Crippen molar-refractivity contribution in [3.8, 4) is 11.8 Å². The van der Waals surface area contributed by atoms with E-state index < -0.39 is 0 Å². The van der Waals surface area contributed by atoms with E-state index in [9.17, 15) is 0 Å². The highest BCUT2D eigenvalue weighted by molar-refractivity contribution is 5.07. The van der Waals surface area contributed by atoms with Crippen LogP contribution in [0.25, 0.3) is 0 Å². The summed E-state index contributed by atoms with van der Waals surface area (Å²) in [6, 6.07) is 0. The van der Waals surface area contributed by atoms with Crippen molar-refractivity contribution in [1.82, 2.24) is 15.1 Å². The predicted molar refractivity (Wildman–Crippen MR) is 71.9 cm³/mol. The van der Waals surface area contributed by atoms with Crippen LogP contribution in [-0.4, -0.2) is 62.2 Å². The fraction of sp³-hybridized carbons (Fsp3) is 0.857. The summed E-state index contributed by atoms with van der Waals surface area (Å²) in [5, 5.41) is 3.37. The minimum atomic E-state index is 0.617. The van der Waals surface area contributed by atoms with Crippen LogP contribution in [0.3, 0.4) is 0 Å². The molecule has 0 aromatic rings. The Labute approximate surface area is 106 Å². The summed E-state index contributed by atoms with van der Waals surface area (Å²) in [5.41, 5.74) is 0. The summed E-state index contributed by atoms with van der Waals surface area (Å²) in [6.07, 6.45) is 2.62. The molecule has 0 radical (unpaired) electrons. The summed E-state index contributed by atoms with van der Waals surface area (Å²) in [6.45, 7) is 11.4. The van der Waals surface area contributed by atoms with Crippen molar-refractivity contribution in [2.24, 2.45) is 5.92 Å². The molecule has 2 fully saturated rings. The first kappa shape index (κ1) is 12.9. The van der Waals surface area contributed by atoms with Crippen LogP contribution in [0, 0.1) is 17.8 Å². The van der Waals surface area contributed by atoms with Gasteiger partial charge in [0, 0.05) is 38.6 Å². The number of nitrogens with zero attached hydrogens (tertiary/aromatic N) is 2. The third-order valence-electron chi connectivity index (χ3n) is 3.77. The highest BCUT2D eigenvalue weighted by atomic mass is 15.2. The van der Waals surface area contributed by atoms with Crippen molar-refractivity contribution in [3.63, 3.8) is 0 Å². The van der Waals surface area contributed by atoms with Crippen LogP contribution in [0.5, 0.6) is 0 Å². The summed E-state index contributed by atoms with van der Waals surface area (Å²) in [7, 11) is 0. The van der Waals surface area contributed by atoms with Gasteiger partial charge in [0.1, 0.15) is 0 Å². The van der Waals surface area contributed by atoms with Gasteiger partial charge in [0.15, 0.2) is 0 Å². The maximum Gasteiger partial charge on any atom is 0.0602 e. The molecule has 96 valence electrons. The molecule has 2 aliphatic heterocycles. The molecule has 3 heteroatoms. The molecule has 0 saturated carbocycles. The predicted octanol–water partition coefficient (Wildman–Crippen LogP) is 0.627. The van der Waals surface area contributed by atoms with E-state index in [1.54, 1.807) is 0 Å². The second kappa shape index (κ2) is 7.00. The number of nitrogens with one attached hydrogen (secondary N) is 1. The van der Waals surface area contributed by atoms with E-state index in [0.717, 1.165) is 32.7 Å². The topological polar surface area (TPSA) is 18.5 Å². The normalized spacial score (nSPS) is 27.5. The second-order valence-corrected chi connectivity index (χ2v) is 5.08. The number of rotatable bonds is 2. The monoisotopic (exact) mass is 235 g/mol. The third-order valence-corrected chi connectivity index (χ3v) is 3.77. The highest BCUT2D eigenvalue weighted by Gasteiger charge is 2.16. The number of hydrogen-bond donors (Lipinski definition) is 1. The van der Waals surface area contributed by atoms with E-state index in [1.165, 1.54) is 32.5 Å². The van der Waals surface area contributed by atoms with Crippen molar-refractivity contribution >= 4 is 0 Å². The molecule has 0 amide bonds. The van der Waals surface area contributed by atoms with Crippen molar-refractivity contribution in [2.45, 2.75) is 19.8 Å². The second-order valence-electron chi connectivity index (χ2n) is 5.08. The minimum absolute atomic E-state index is 0.617. The Morgan fingerprint density at radius 3 is 2.76 bits per heavy atom. The first-order valence-electron chi connectivity index (χ1n) is 7.02. The van der Waals surface area contributed by atoms with Crippen molar-refractivity contribution < 1.29 is 0 Å². The van der Waals surface area contributed by atoms with Gasteiger partial charge in [0.25, 0.3) is 0 Å². The summed E-state index contributed by atoms with van der Waals surface area (Å²) < 4.78 is 0. The first-order chi connectivity index (χ1) is 8.38. The van der Waals surface area contributed by atoms with Crippen molar-refractivity contribution in [2.75, 3.05) is 52.4 Å². The van der Waals surface area contributed by atoms with Gasteiger partial charge in [-0.2, -0.15) is 0 Å². The van der Waals surface area contributed by atoms with E-state index in [4.69, 9.17) is 0 Å². The van der Waals surface area contributed by atoms with Gasteiger partial charge in [0.2, 0.25) is 0 Å². The molecular weight excluding hydrogens is 210 g/mol. The maximum atomic E-state index is 3.48. The molecule has 1 atom stereocenters. The van der Waals surface area contributed by atoms with E-state index in [1.807, 2.05) is 0 Å². The van der Waals surface area contributed by atoms with E-state index in [2.05, 4.69) is 33.9 Å². The van der Waals surface area contributed by atoms with Gasteiger partial charge < -0.3 is 10.2 Å². The zero-order valence-corrected chi connectivity index (χ0v) is 11.0. The SMILES string of the molecule is CCN1CCCC(C#CCN2CCNCC2)C1. The fourth-order valence-electron chi connectivity index (χ4n) is 2.63. The van der Waals surface area contributed by atoms with Crippen molar-refractivity contribution in [3.05, 3.63) is 0 Å². The lowest BCUT2D eigenvalue weighted by Gasteiger charge is -2.29. The molecule has 2 saturated heterocycles. The van der Waals surface area contributed by atoms with Crippen LogP contribution in [0.1, 0.15) is 19.8 Å². The largest absolute Gasteiger partial charge is 0.314 e. The molecule has 1 N–H and O–H groups in total.